The molecule has 5 nitrogen and oxygen atoms in total. The number of carbonyl (C=O) groups excluding carboxylic acids is 1. The number of rotatable bonds is 4. The first-order valence-electron chi connectivity index (χ1n) is 5.86. The molecule has 0 aromatic heterocycles. The van der Waals surface area contributed by atoms with Crippen LogP contribution in [-0.4, -0.2) is 72.7 Å². The third-order valence-electron chi connectivity index (χ3n) is 3.24. The van der Waals surface area contributed by atoms with Gasteiger partial charge in [0, 0.05) is 31.7 Å². The van der Waals surface area contributed by atoms with Crippen LogP contribution in [0.2, 0.25) is 0 Å². The third-order valence-corrected chi connectivity index (χ3v) is 3.24. The number of likely N-dealkylation sites (N-methyl/N-ethyl adjacent to an activating group) is 1. The second-order valence-electron chi connectivity index (χ2n) is 4.63. The zero-order valence-electron chi connectivity index (χ0n) is 10.4. The molecule has 2 N–H and O–H groups in total. The van der Waals surface area contributed by atoms with Crippen molar-refractivity contribution in [1.82, 2.24) is 15.1 Å². The van der Waals surface area contributed by atoms with Crippen molar-refractivity contribution in [2.75, 3.05) is 39.8 Å². The summed E-state index contributed by atoms with van der Waals surface area (Å²) in [6, 6.07) is 0.962. The molecule has 0 aliphatic carbocycles. The molecule has 94 valence electrons. The van der Waals surface area contributed by atoms with E-state index in [1.54, 1.807) is 0 Å². The number of hydrogen-bond acceptors (Lipinski definition) is 4. The van der Waals surface area contributed by atoms with E-state index < -0.39 is 0 Å². The average Bonchev–Trinajstić information content (AvgIpc) is 2.23. The van der Waals surface area contributed by atoms with Gasteiger partial charge in [0.1, 0.15) is 0 Å². The lowest BCUT2D eigenvalue weighted by atomic mass is 10.1. The molecule has 0 aromatic carbocycles. The van der Waals surface area contributed by atoms with E-state index >= 15 is 0 Å². The zero-order valence-corrected chi connectivity index (χ0v) is 10.4. The van der Waals surface area contributed by atoms with Crippen molar-refractivity contribution < 1.29 is 9.90 Å². The largest absolute Gasteiger partial charge is 0.395 e. The Hall–Kier alpha value is -0.650. The minimum atomic E-state index is -0.00185. The monoisotopic (exact) mass is 229 g/mol. The summed E-state index contributed by atoms with van der Waals surface area (Å²) in [5.74, 6) is -0.00185. The van der Waals surface area contributed by atoms with E-state index in [1.165, 1.54) is 0 Å². The molecule has 0 radical (unpaired) electrons. The molecule has 1 rings (SSSR count). The second-order valence-corrected chi connectivity index (χ2v) is 4.63. The molecular formula is C11H23N3O2. The fourth-order valence-corrected chi connectivity index (χ4v) is 2.10. The summed E-state index contributed by atoms with van der Waals surface area (Å²) in [6.45, 7) is 6.98. The van der Waals surface area contributed by atoms with Crippen LogP contribution >= 0.6 is 0 Å². The summed E-state index contributed by atoms with van der Waals surface area (Å²) in [7, 11) is 2.12. The topological polar surface area (TPSA) is 55.8 Å². The Morgan fingerprint density at radius 1 is 1.38 bits per heavy atom. The first-order chi connectivity index (χ1) is 7.54. The Bertz CT molecular complexity index is 223. The van der Waals surface area contributed by atoms with Crippen LogP contribution in [0.1, 0.15) is 13.8 Å². The van der Waals surface area contributed by atoms with Gasteiger partial charge in [-0.3, -0.25) is 14.6 Å². The summed E-state index contributed by atoms with van der Waals surface area (Å²) >= 11 is 0. The molecule has 0 aromatic rings. The fraction of sp³-hybridized carbons (Fsp3) is 0.909. The van der Waals surface area contributed by atoms with Crippen molar-refractivity contribution in [1.29, 1.82) is 0 Å². The van der Waals surface area contributed by atoms with Gasteiger partial charge in [-0.1, -0.05) is 0 Å². The first-order valence-corrected chi connectivity index (χ1v) is 5.86. The molecule has 2 atom stereocenters. The highest BCUT2D eigenvalue weighted by atomic mass is 16.3. The van der Waals surface area contributed by atoms with Crippen LogP contribution < -0.4 is 5.32 Å². The van der Waals surface area contributed by atoms with E-state index in [4.69, 9.17) is 5.11 Å². The van der Waals surface area contributed by atoms with Gasteiger partial charge < -0.3 is 10.4 Å². The number of amides is 1. The molecule has 1 aliphatic heterocycles. The highest BCUT2D eigenvalue weighted by Gasteiger charge is 2.27. The van der Waals surface area contributed by atoms with E-state index in [-0.39, 0.29) is 12.5 Å². The van der Waals surface area contributed by atoms with E-state index in [0.29, 0.717) is 25.2 Å². The number of aliphatic hydroxyl groups is 1. The predicted octanol–water partition coefficient (Wildman–Crippen LogP) is -0.881. The van der Waals surface area contributed by atoms with E-state index in [1.807, 2.05) is 0 Å². The van der Waals surface area contributed by atoms with Crippen molar-refractivity contribution in [2.24, 2.45) is 0 Å². The van der Waals surface area contributed by atoms with Crippen molar-refractivity contribution >= 4 is 5.91 Å². The van der Waals surface area contributed by atoms with Gasteiger partial charge in [-0.15, -0.1) is 0 Å². The van der Waals surface area contributed by atoms with E-state index in [2.05, 4.69) is 36.0 Å². The third kappa shape index (κ3) is 3.73. The minimum absolute atomic E-state index is 0.00127. The quantitative estimate of drug-likeness (QED) is 0.657. The summed E-state index contributed by atoms with van der Waals surface area (Å²) in [5, 5.41) is 11.3. The van der Waals surface area contributed by atoms with Crippen LogP contribution in [0.25, 0.3) is 0 Å². The van der Waals surface area contributed by atoms with Gasteiger partial charge in [0.2, 0.25) is 5.91 Å². The molecule has 2 unspecified atom stereocenters. The summed E-state index contributed by atoms with van der Waals surface area (Å²) < 4.78 is 0. The molecule has 0 spiro atoms. The Balaban J connectivity index is 2.35. The van der Waals surface area contributed by atoms with Gasteiger partial charge in [0.15, 0.2) is 0 Å². The molecule has 0 saturated carbocycles. The van der Waals surface area contributed by atoms with Crippen molar-refractivity contribution in [3.63, 3.8) is 0 Å². The molecule has 1 fully saturated rings. The van der Waals surface area contributed by atoms with Gasteiger partial charge in [-0.2, -0.15) is 0 Å². The normalized spacial score (nSPS) is 28.0. The van der Waals surface area contributed by atoms with Gasteiger partial charge in [0.05, 0.1) is 13.2 Å². The lowest BCUT2D eigenvalue weighted by Gasteiger charge is -2.42. The van der Waals surface area contributed by atoms with Crippen LogP contribution in [0.3, 0.4) is 0 Å². The number of piperazine rings is 1. The molecule has 1 saturated heterocycles. The lowest BCUT2D eigenvalue weighted by molar-refractivity contribution is -0.123. The SMILES string of the molecule is CC1CN(CC(=O)NCCO)CC(C)N1C. The molecule has 5 heteroatoms. The standard InChI is InChI=1S/C11H23N3O2/c1-9-6-14(7-10(2)13(9)3)8-11(16)12-4-5-15/h9-10,15H,4-8H2,1-3H3,(H,12,16). The Labute approximate surface area is 97.4 Å². The Morgan fingerprint density at radius 3 is 2.44 bits per heavy atom. The minimum Gasteiger partial charge on any atom is -0.395 e. The first kappa shape index (κ1) is 13.4. The highest BCUT2D eigenvalue weighted by molar-refractivity contribution is 5.78. The number of carbonyl (C=O) groups is 1. The fourth-order valence-electron chi connectivity index (χ4n) is 2.10. The van der Waals surface area contributed by atoms with Crippen LogP contribution in [-0.2, 0) is 4.79 Å². The van der Waals surface area contributed by atoms with Gasteiger partial charge >= 0.3 is 0 Å². The Kier molecular flexibility index (Phi) is 5.18. The van der Waals surface area contributed by atoms with Crippen LogP contribution in [0, 0.1) is 0 Å². The summed E-state index contributed by atoms with van der Waals surface area (Å²) in [4.78, 5) is 16.0. The zero-order chi connectivity index (χ0) is 12.1. The van der Waals surface area contributed by atoms with Gasteiger partial charge in [-0.05, 0) is 20.9 Å². The highest BCUT2D eigenvalue weighted by Crippen LogP contribution is 2.12. The maximum absolute atomic E-state index is 11.5. The predicted molar refractivity (Wildman–Crippen MR) is 63.2 cm³/mol. The van der Waals surface area contributed by atoms with Crippen LogP contribution in [0.5, 0.6) is 0 Å². The number of nitrogens with one attached hydrogen (secondary N) is 1. The van der Waals surface area contributed by atoms with Gasteiger partial charge in [-0.25, -0.2) is 0 Å². The number of aliphatic hydroxyl groups excluding tert-OH is 1. The van der Waals surface area contributed by atoms with Crippen molar-refractivity contribution in [3.8, 4) is 0 Å². The lowest BCUT2D eigenvalue weighted by Crippen LogP contribution is -2.56. The van der Waals surface area contributed by atoms with E-state index in [0.717, 1.165) is 13.1 Å². The summed E-state index contributed by atoms with van der Waals surface area (Å²) in [6.07, 6.45) is 0. The average molecular weight is 229 g/mol. The molecule has 1 aliphatic rings. The molecular weight excluding hydrogens is 206 g/mol. The second kappa shape index (κ2) is 6.18. The van der Waals surface area contributed by atoms with Crippen molar-refractivity contribution in [2.45, 2.75) is 25.9 Å². The maximum atomic E-state index is 11.5. The van der Waals surface area contributed by atoms with Crippen LogP contribution in [0.4, 0.5) is 0 Å². The molecule has 0 bridgehead atoms. The molecule has 1 amide bonds. The molecule has 1 heterocycles. The summed E-state index contributed by atoms with van der Waals surface area (Å²) in [5.41, 5.74) is 0. The maximum Gasteiger partial charge on any atom is 0.234 e. The Morgan fingerprint density at radius 2 is 1.94 bits per heavy atom. The van der Waals surface area contributed by atoms with Gasteiger partial charge in [0.25, 0.3) is 0 Å². The van der Waals surface area contributed by atoms with E-state index in [9.17, 15) is 4.79 Å². The number of nitrogens with zero attached hydrogens (tertiary/aromatic N) is 2. The van der Waals surface area contributed by atoms with Crippen LogP contribution in [0.15, 0.2) is 0 Å². The molecule has 16 heavy (non-hydrogen) atoms. The van der Waals surface area contributed by atoms with Crippen molar-refractivity contribution in [3.05, 3.63) is 0 Å². The number of hydrogen-bond donors (Lipinski definition) is 2. The smallest absolute Gasteiger partial charge is 0.234 e.